The van der Waals surface area contributed by atoms with Crippen LogP contribution in [0.25, 0.3) is 0 Å². The highest BCUT2D eigenvalue weighted by Crippen LogP contribution is 2.28. The minimum atomic E-state index is -3.45. The number of carbonyl (C=O) groups excluding carboxylic acids is 1. The maximum absolute atomic E-state index is 12.7. The Morgan fingerprint density at radius 1 is 1.09 bits per heavy atom. The third-order valence-corrected chi connectivity index (χ3v) is 6.97. The summed E-state index contributed by atoms with van der Waals surface area (Å²) >= 11 is 0. The largest absolute Gasteiger partial charge is 0.326 e. The van der Waals surface area contributed by atoms with Crippen molar-refractivity contribution < 1.29 is 13.2 Å². The van der Waals surface area contributed by atoms with Gasteiger partial charge in [0.25, 0.3) is 0 Å². The number of rotatable bonds is 4. The molecular formula is C17H24N2O3S. The molecule has 1 aromatic carbocycles. The minimum absolute atomic E-state index is 0.0384. The summed E-state index contributed by atoms with van der Waals surface area (Å²) in [4.78, 5) is 12.2. The van der Waals surface area contributed by atoms with Gasteiger partial charge in [0.2, 0.25) is 15.9 Å². The highest BCUT2D eigenvalue weighted by molar-refractivity contribution is 7.89. The van der Waals surface area contributed by atoms with Crippen molar-refractivity contribution in [1.82, 2.24) is 4.31 Å². The van der Waals surface area contributed by atoms with Crippen LogP contribution in [0.3, 0.4) is 0 Å². The van der Waals surface area contributed by atoms with Crippen molar-refractivity contribution in [2.45, 2.75) is 56.4 Å². The molecule has 0 radical (unpaired) electrons. The molecule has 23 heavy (non-hydrogen) atoms. The van der Waals surface area contributed by atoms with Crippen LogP contribution in [0.2, 0.25) is 0 Å². The first kappa shape index (κ1) is 16.5. The van der Waals surface area contributed by atoms with Gasteiger partial charge in [-0.3, -0.25) is 4.79 Å². The molecular weight excluding hydrogens is 312 g/mol. The van der Waals surface area contributed by atoms with Crippen LogP contribution in [0, 0.1) is 5.92 Å². The molecule has 3 rings (SSSR count). The van der Waals surface area contributed by atoms with Gasteiger partial charge in [0, 0.05) is 24.2 Å². The molecule has 1 N–H and O–H groups in total. The minimum Gasteiger partial charge on any atom is -0.326 e. The molecule has 0 spiro atoms. The summed E-state index contributed by atoms with van der Waals surface area (Å²) in [6.07, 6.45) is 5.92. The van der Waals surface area contributed by atoms with Gasteiger partial charge in [0.15, 0.2) is 0 Å². The molecule has 1 aliphatic carbocycles. The Hall–Kier alpha value is -1.40. The Morgan fingerprint density at radius 3 is 2.35 bits per heavy atom. The van der Waals surface area contributed by atoms with Gasteiger partial charge in [-0.15, -0.1) is 0 Å². The fourth-order valence-electron chi connectivity index (χ4n) is 3.19. The van der Waals surface area contributed by atoms with Gasteiger partial charge >= 0.3 is 0 Å². The molecule has 1 saturated heterocycles. The van der Waals surface area contributed by atoms with Crippen LogP contribution in [0.5, 0.6) is 0 Å². The zero-order valence-electron chi connectivity index (χ0n) is 13.5. The standard InChI is InChI=1S/C17H24N2O3S/c1-13-5-2-3-12-19(13)23(21,22)16-10-8-15(9-11-16)18-17(20)14-6-4-7-14/h8-11,13-14H,2-7,12H2,1H3,(H,18,20)/t13-/m0/s1. The predicted molar refractivity (Wildman–Crippen MR) is 89.6 cm³/mol. The van der Waals surface area contributed by atoms with E-state index >= 15 is 0 Å². The maximum atomic E-state index is 12.7. The fraction of sp³-hybridized carbons (Fsp3) is 0.588. The molecule has 0 bridgehead atoms. The van der Waals surface area contributed by atoms with E-state index in [-0.39, 0.29) is 17.9 Å². The van der Waals surface area contributed by atoms with Gasteiger partial charge in [-0.05, 0) is 56.9 Å². The van der Waals surface area contributed by atoms with Gasteiger partial charge < -0.3 is 5.32 Å². The zero-order valence-corrected chi connectivity index (χ0v) is 14.3. The normalized spacial score (nSPS) is 23.3. The third kappa shape index (κ3) is 3.43. The Bertz CT molecular complexity index is 666. The van der Waals surface area contributed by atoms with E-state index < -0.39 is 10.0 Å². The first-order chi connectivity index (χ1) is 11.0. The van der Waals surface area contributed by atoms with Crippen LogP contribution in [0.15, 0.2) is 29.2 Å². The number of anilines is 1. The van der Waals surface area contributed by atoms with Crippen LogP contribution in [-0.4, -0.2) is 31.2 Å². The van der Waals surface area contributed by atoms with Crippen molar-refractivity contribution >= 4 is 21.6 Å². The first-order valence-corrected chi connectivity index (χ1v) is 9.85. The molecule has 2 aliphatic rings. The third-order valence-electron chi connectivity index (χ3n) is 4.95. The lowest BCUT2D eigenvalue weighted by Crippen LogP contribution is -2.41. The number of piperidine rings is 1. The number of nitrogens with one attached hydrogen (secondary N) is 1. The van der Waals surface area contributed by atoms with Crippen LogP contribution in [-0.2, 0) is 14.8 Å². The number of sulfonamides is 1. The molecule has 5 nitrogen and oxygen atoms in total. The van der Waals surface area contributed by atoms with E-state index in [1.165, 1.54) is 0 Å². The molecule has 1 aromatic rings. The van der Waals surface area contributed by atoms with Crippen molar-refractivity contribution in [3.8, 4) is 0 Å². The summed E-state index contributed by atoms with van der Waals surface area (Å²) in [6, 6.07) is 6.59. The second-order valence-electron chi connectivity index (χ2n) is 6.60. The molecule has 0 aromatic heterocycles. The quantitative estimate of drug-likeness (QED) is 0.919. The van der Waals surface area contributed by atoms with Crippen LogP contribution in [0.1, 0.15) is 45.4 Å². The van der Waals surface area contributed by atoms with E-state index in [1.54, 1.807) is 28.6 Å². The summed E-state index contributed by atoms with van der Waals surface area (Å²) < 4.78 is 27.1. The average Bonchev–Trinajstić information content (AvgIpc) is 2.46. The Kier molecular flexibility index (Phi) is 4.73. The molecule has 0 unspecified atom stereocenters. The highest BCUT2D eigenvalue weighted by Gasteiger charge is 2.31. The molecule has 1 aliphatic heterocycles. The first-order valence-electron chi connectivity index (χ1n) is 8.41. The SMILES string of the molecule is C[C@H]1CCCCN1S(=O)(=O)c1ccc(NC(=O)C2CCC2)cc1. The Morgan fingerprint density at radius 2 is 1.78 bits per heavy atom. The molecule has 1 atom stereocenters. The molecule has 1 saturated carbocycles. The van der Waals surface area contributed by atoms with Crippen molar-refractivity contribution in [2.75, 3.05) is 11.9 Å². The number of hydrogen-bond donors (Lipinski definition) is 1. The van der Waals surface area contributed by atoms with Gasteiger partial charge in [-0.1, -0.05) is 12.8 Å². The van der Waals surface area contributed by atoms with Crippen molar-refractivity contribution in [3.05, 3.63) is 24.3 Å². The Labute approximate surface area is 138 Å². The Balaban J connectivity index is 1.71. The van der Waals surface area contributed by atoms with E-state index in [1.807, 2.05) is 6.92 Å². The van der Waals surface area contributed by atoms with E-state index in [4.69, 9.17) is 0 Å². The topological polar surface area (TPSA) is 66.5 Å². The summed E-state index contributed by atoms with van der Waals surface area (Å²) in [5, 5.41) is 2.86. The van der Waals surface area contributed by atoms with Crippen molar-refractivity contribution in [3.63, 3.8) is 0 Å². The zero-order chi connectivity index (χ0) is 16.4. The second kappa shape index (κ2) is 6.61. The van der Waals surface area contributed by atoms with E-state index in [2.05, 4.69) is 5.32 Å². The van der Waals surface area contributed by atoms with E-state index in [9.17, 15) is 13.2 Å². The molecule has 6 heteroatoms. The molecule has 1 amide bonds. The fourth-order valence-corrected chi connectivity index (χ4v) is 4.89. The lowest BCUT2D eigenvalue weighted by Gasteiger charge is -2.32. The summed E-state index contributed by atoms with van der Waals surface area (Å²) in [5.41, 5.74) is 0.660. The average molecular weight is 336 g/mol. The van der Waals surface area contributed by atoms with E-state index in [0.29, 0.717) is 17.1 Å². The van der Waals surface area contributed by atoms with Gasteiger partial charge in [-0.2, -0.15) is 4.31 Å². The summed E-state index contributed by atoms with van der Waals surface area (Å²) in [7, 11) is -3.45. The molecule has 126 valence electrons. The summed E-state index contributed by atoms with van der Waals surface area (Å²) in [6.45, 7) is 2.55. The number of amides is 1. The highest BCUT2D eigenvalue weighted by atomic mass is 32.2. The van der Waals surface area contributed by atoms with Gasteiger partial charge in [-0.25, -0.2) is 8.42 Å². The summed E-state index contributed by atoms with van der Waals surface area (Å²) in [5.74, 6) is 0.157. The maximum Gasteiger partial charge on any atom is 0.243 e. The lowest BCUT2D eigenvalue weighted by molar-refractivity contribution is -0.122. The monoisotopic (exact) mass is 336 g/mol. The van der Waals surface area contributed by atoms with E-state index in [0.717, 1.165) is 38.5 Å². The smallest absolute Gasteiger partial charge is 0.243 e. The predicted octanol–water partition coefficient (Wildman–Crippen LogP) is 2.99. The number of carbonyl (C=O) groups is 1. The van der Waals surface area contributed by atoms with Crippen molar-refractivity contribution in [2.24, 2.45) is 5.92 Å². The van der Waals surface area contributed by atoms with Crippen LogP contribution in [0.4, 0.5) is 5.69 Å². The van der Waals surface area contributed by atoms with Gasteiger partial charge in [0.05, 0.1) is 4.90 Å². The van der Waals surface area contributed by atoms with Crippen molar-refractivity contribution in [1.29, 1.82) is 0 Å². The van der Waals surface area contributed by atoms with Crippen LogP contribution < -0.4 is 5.32 Å². The molecule has 2 fully saturated rings. The number of hydrogen-bond acceptors (Lipinski definition) is 3. The number of benzene rings is 1. The second-order valence-corrected chi connectivity index (χ2v) is 8.49. The number of nitrogens with zero attached hydrogens (tertiary/aromatic N) is 1. The lowest BCUT2D eigenvalue weighted by atomic mass is 9.85. The van der Waals surface area contributed by atoms with Gasteiger partial charge in [0.1, 0.15) is 0 Å². The molecule has 1 heterocycles. The van der Waals surface area contributed by atoms with Crippen LogP contribution >= 0.6 is 0 Å².